The van der Waals surface area contributed by atoms with Gasteiger partial charge in [-0.05, 0) is 52.0 Å². The first-order valence-electron chi connectivity index (χ1n) is 9.03. The predicted molar refractivity (Wildman–Crippen MR) is 100.0 cm³/mol. The molecule has 2 rings (SSSR count). The molecule has 2 aliphatic rings. The lowest BCUT2D eigenvalue weighted by Crippen LogP contribution is -2.45. The van der Waals surface area contributed by atoms with Crippen LogP contribution in [-0.4, -0.2) is 47.7 Å². The number of hydrogen-bond donors (Lipinski definition) is 0. The van der Waals surface area contributed by atoms with Crippen LogP contribution in [-0.2, 0) is 0 Å². The Balaban J connectivity index is 1.91. The zero-order valence-electron chi connectivity index (χ0n) is 15.4. The molecule has 2 aliphatic heterocycles. The van der Waals surface area contributed by atoms with Crippen LogP contribution in [0.3, 0.4) is 0 Å². The average Bonchev–Trinajstić information content (AvgIpc) is 2.59. The van der Waals surface area contributed by atoms with Crippen molar-refractivity contribution in [1.29, 1.82) is 0 Å². The lowest BCUT2D eigenvalue weighted by Gasteiger charge is -2.32. The van der Waals surface area contributed by atoms with E-state index >= 15 is 0 Å². The number of carbonyl (C=O) groups is 1. The third kappa shape index (κ3) is 4.74. The molecule has 4 nitrogen and oxygen atoms in total. The largest absolute Gasteiger partial charge is 0.325 e. The molecule has 130 valence electrons. The molecule has 0 aromatic heterocycles. The van der Waals surface area contributed by atoms with Crippen LogP contribution in [0.4, 0.5) is 4.79 Å². The maximum Gasteiger partial charge on any atom is 0.319 e. The molecule has 0 aromatic rings. The molecule has 1 atom stereocenters. The summed E-state index contributed by atoms with van der Waals surface area (Å²) in [5, 5.41) is 0. The summed E-state index contributed by atoms with van der Waals surface area (Å²) in [6, 6.07) is 0.165. The summed E-state index contributed by atoms with van der Waals surface area (Å²) in [5.74, 6) is 6.80. The van der Waals surface area contributed by atoms with Crippen LogP contribution in [0, 0.1) is 17.8 Å². The lowest BCUT2D eigenvalue weighted by atomic mass is 9.98. The maximum atomic E-state index is 12.3. The van der Waals surface area contributed by atoms with Crippen molar-refractivity contribution < 1.29 is 4.79 Å². The highest BCUT2D eigenvalue weighted by atomic mass is 16.2. The molecule has 0 spiro atoms. The van der Waals surface area contributed by atoms with Gasteiger partial charge in [0.1, 0.15) is 0 Å². The van der Waals surface area contributed by atoms with E-state index < -0.39 is 0 Å². The predicted octanol–water partition coefficient (Wildman–Crippen LogP) is 3.86. The summed E-state index contributed by atoms with van der Waals surface area (Å²) in [4.78, 5) is 20.7. The van der Waals surface area contributed by atoms with Crippen molar-refractivity contribution in [3.8, 4) is 11.8 Å². The van der Waals surface area contributed by atoms with E-state index in [1.54, 1.807) is 0 Å². The molecule has 0 aliphatic carbocycles. The van der Waals surface area contributed by atoms with Crippen molar-refractivity contribution in [2.45, 2.75) is 47.0 Å². The fourth-order valence-corrected chi connectivity index (χ4v) is 2.99. The van der Waals surface area contributed by atoms with Crippen LogP contribution in [0.2, 0.25) is 0 Å². The minimum absolute atomic E-state index is 0.165. The van der Waals surface area contributed by atoms with Gasteiger partial charge in [-0.1, -0.05) is 24.5 Å². The van der Waals surface area contributed by atoms with Crippen LogP contribution < -0.4 is 0 Å². The molecule has 0 aromatic carbocycles. The van der Waals surface area contributed by atoms with Gasteiger partial charge in [-0.15, -0.1) is 0 Å². The summed E-state index contributed by atoms with van der Waals surface area (Å²) in [5.41, 5.74) is 3.39. The molecular formula is C20H29N3O. The molecule has 0 saturated carbocycles. The number of carbonyl (C=O) groups excluding carboxylic acids is 1. The molecular weight excluding hydrogens is 298 g/mol. The van der Waals surface area contributed by atoms with Gasteiger partial charge >= 0.3 is 6.03 Å². The van der Waals surface area contributed by atoms with Crippen molar-refractivity contribution in [2.24, 2.45) is 10.9 Å². The van der Waals surface area contributed by atoms with Gasteiger partial charge in [0, 0.05) is 37.8 Å². The Morgan fingerprint density at radius 3 is 2.67 bits per heavy atom. The summed E-state index contributed by atoms with van der Waals surface area (Å²) in [7, 11) is 0. The van der Waals surface area contributed by atoms with E-state index in [2.05, 4.69) is 29.8 Å². The highest BCUT2D eigenvalue weighted by Crippen LogP contribution is 2.18. The molecule has 2 heterocycles. The molecule has 0 N–H and O–H groups in total. The molecule has 0 bridgehead atoms. The van der Waals surface area contributed by atoms with E-state index in [0.717, 1.165) is 56.9 Å². The smallest absolute Gasteiger partial charge is 0.319 e. The van der Waals surface area contributed by atoms with E-state index in [1.165, 1.54) is 5.57 Å². The van der Waals surface area contributed by atoms with Gasteiger partial charge in [-0.2, -0.15) is 0 Å². The van der Waals surface area contributed by atoms with Crippen LogP contribution >= 0.6 is 0 Å². The second-order valence-corrected chi connectivity index (χ2v) is 6.49. The van der Waals surface area contributed by atoms with Crippen molar-refractivity contribution >= 4 is 11.7 Å². The molecule has 1 unspecified atom stereocenters. The summed E-state index contributed by atoms with van der Waals surface area (Å²) in [6.07, 6.45) is 7.06. The Morgan fingerprint density at radius 1 is 1.38 bits per heavy atom. The van der Waals surface area contributed by atoms with Gasteiger partial charge in [0.2, 0.25) is 0 Å². The zero-order valence-corrected chi connectivity index (χ0v) is 15.4. The molecule has 2 amide bonds. The third-order valence-electron chi connectivity index (χ3n) is 4.72. The summed E-state index contributed by atoms with van der Waals surface area (Å²) >= 11 is 0. The monoisotopic (exact) mass is 327 g/mol. The molecule has 0 radical (unpaired) electrons. The van der Waals surface area contributed by atoms with Gasteiger partial charge in [0.05, 0.1) is 5.71 Å². The number of hydrogen-bond acceptors (Lipinski definition) is 2. The Bertz CT molecular complexity index is 605. The fourth-order valence-electron chi connectivity index (χ4n) is 2.99. The van der Waals surface area contributed by atoms with E-state index in [9.17, 15) is 4.79 Å². The van der Waals surface area contributed by atoms with Crippen molar-refractivity contribution in [3.63, 3.8) is 0 Å². The van der Waals surface area contributed by atoms with E-state index in [1.807, 2.05) is 36.6 Å². The van der Waals surface area contributed by atoms with Crippen molar-refractivity contribution in [2.75, 3.05) is 26.2 Å². The standard InChI is InChI=1S/C20H29N3O/c1-5-22(6-2)20(24)23-14-12-18(13-15-23)8-7-9-19-16(3)10-11-17(4)21-19/h8,11,16H,5-6,10,12-15H2,1-4H3. The van der Waals surface area contributed by atoms with Crippen molar-refractivity contribution in [1.82, 2.24) is 9.80 Å². The second-order valence-electron chi connectivity index (χ2n) is 6.49. The Kier molecular flexibility index (Phi) is 6.66. The van der Waals surface area contributed by atoms with Crippen LogP contribution in [0.1, 0.15) is 47.0 Å². The third-order valence-corrected chi connectivity index (χ3v) is 4.72. The maximum absolute atomic E-state index is 12.3. The van der Waals surface area contributed by atoms with E-state index in [-0.39, 0.29) is 6.03 Å². The quantitative estimate of drug-likeness (QED) is 0.709. The number of rotatable bonds is 2. The van der Waals surface area contributed by atoms with Crippen LogP contribution in [0.25, 0.3) is 0 Å². The molecule has 4 heteroatoms. The minimum Gasteiger partial charge on any atom is -0.325 e. The fraction of sp³-hybridized carbons (Fsp3) is 0.600. The number of amides is 2. The summed E-state index contributed by atoms with van der Waals surface area (Å²) < 4.78 is 0. The number of likely N-dealkylation sites (tertiary alicyclic amines) is 1. The number of urea groups is 1. The number of allylic oxidation sites excluding steroid dienone is 3. The normalized spacial score (nSPS) is 20.6. The zero-order chi connectivity index (χ0) is 17.5. The van der Waals surface area contributed by atoms with Gasteiger partial charge in [0.15, 0.2) is 0 Å². The topological polar surface area (TPSA) is 35.9 Å². The number of piperidine rings is 1. The first kappa shape index (κ1) is 18.3. The SMILES string of the molecule is CCN(CC)C(=O)N1CCC(=CC#CC2=NC(C)=CCC2C)CC1. The Labute approximate surface area is 146 Å². The number of aliphatic imine (C=N–C) groups is 1. The minimum atomic E-state index is 0.165. The van der Waals surface area contributed by atoms with Gasteiger partial charge in [-0.25, -0.2) is 9.79 Å². The van der Waals surface area contributed by atoms with Gasteiger partial charge in [-0.3, -0.25) is 0 Å². The highest BCUT2D eigenvalue weighted by molar-refractivity contribution is 6.03. The molecule has 1 fully saturated rings. The number of nitrogens with zero attached hydrogens (tertiary/aromatic N) is 3. The summed E-state index contributed by atoms with van der Waals surface area (Å²) in [6.45, 7) is 11.4. The molecule has 1 saturated heterocycles. The van der Waals surface area contributed by atoms with E-state index in [0.29, 0.717) is 5.92 Å². The van der Waals surface area contributed by atoms with Crippen LogP contribution in [0.5, 0.6) is 0 Å². The van der Waals surface area contributed by atoms with Crippen molar-refractivity contribution in [3.05, 3.63) is 23.4 Å². The highest BCUT2D eigenvalue weighted by Gasteiger charge is 2.22. The van der Waals surface area contributed by atoms with Gasteiger partial charge < -0.3 is 9.80 Å². The average molecular weight is 327 g/mol. The van der Waals surface area contributed by atoms with E-state index in [4.69, 9.17) is 0 Å². The first-order valence-corrected chi connectivity index (χ1v) is 9.03. The lowest BCUT2D eigenvalue weighted by molar-refractivity contribution is 0.154. The Hall–Kier alpha value is -2.02. The molecule has 24 heavy (non-hydrogen) atoms. The second kappa shape index (κ2) is 8.73. The Morgan fingerprint density at radius 2 is 2.04 bits per heavy atom. The first-order chi connectivity index (χ1) is 11.5. The van der Waals surface area contributed by atoms with Gasteiger partial charge in [0.25, 0.3) is 0 Å². The van der Waals surface area contributed by atoms with Crippen LogP contribution in [0.15, 0.2) is 28.4 Å².